The van der Waals surface area contributed by atoms with E-state index in [0.717, 1.165) is 23.0 Å². The van der Waals surface area contributed by atoms with Gasteiger partial charge in [0.1, 0.15) is 0 Å². The second-order valence-electron chi connectivity index (χ2n) is 9.57. The van der Waals surface area contributed by atoms with E-state index in [1.807, 2.05) is 6.20 Å². The molecule has 2 fully saturated rings. The minimum atomic E-state index is -0.353. The van der Waals surface area contributed by atoms with Crippen molar-refractivity contribution in [2.24, 2.45) is 0 Å². The molecule has 2 aliphatic carbocycles. The lowest BCUT2D eigenvalue weighted by molar-refractivity contribution is 0.00578. The zero-order valence-corrected chi connectivity index (χ0v) is 17.0. The van der Waals surface area contributed by atoms with E-state index in [1.165, 1.54) is 30.4 Å². The summed E-state index contributed by atoms with van der Waals surface area (Å²) in [7, 11) is -0.353. The van der Waals surface area contributed by atoms with Crippen molar-refractivity contribution in [1.29, 1.82) is 0 Å². The van der Waals surface area contributed by atoms with Gasteiger partial charge in [-0.3, -0.25) is 4.98 Å². The highest BCUT2D eigenvalue weighted by molar-refractivity contribution is 6.62. The van der Waals surface area contributed by atoms with Crippen LogP contribution in [0.1, 0.15) is 75.5 Å². The average Bonchev–Trinajstić information content (AvgIpc) is 3.28. The second kappa shape index (κ2) is 5.68. The third-order valence-corrected chi connectivity index (χ3v) is 7.31. The van der Waals surface area contributed by atoms with Gasteiger partial charge >= 0.3 is 7.12 Å². The first-order valence-electron chi connectivity index (χ1n) is 10.2. The molecule has 1 aromatic heterocycles. The minimum absolute atomic E-state index is 0.327. The minimum Gasteiger partial charge on any atom is -0.399 e. The molecule has 3 aliphatic rings. The van der Waals surface area contributed by atoms with Crippen LogP contribution in [0.4, 0.5) is 0 Å². The number of aryl methyl sites for hydroxylation is 1. The molecule has 2 aromatic rings. The van der Waals surface area contributed by atoms with Crippen molar-refractivity contribution in [3.63, 3.8) is 0 Å². The first-order valence-corrected chi connectivity index (χ1v) is 10.2. The number of nitrogens with zero attached hydrogens (tertiary/aromatic N) is 1. The van der Waals surface area contributed by atoms with Gasteiger partial charge in [0.2, 0.25) is 0 Å². The Bertz CT molecular complexity index is 887. The molecule has 0 N–H and O–H groups in total. The van der Waals surface area contributed by atoms with Crippen molar-refractivity contribution >= 4 is 12.6 Å². The van der Waals surface area contributed by atoms with Gasteiger partial charge in [0.15, 0.2) is 0 Å². The molecule has 140 valence electrons. The lowest BCUT2D eigenvalue weighted by Crippen LogP contribution is -2.41. The Hall–Kier alpha value is -1.65. The van der Waals surface area contributed by atoms with E-state index in [-0.39, 0.29) is 18.3 Å². The molecular weight excluding hydrogens is 333 g/mol. The first kappa shape index (κ1) is 17.5. The van der Waals surface area contributed by atoms with Crippen LogP contribution >= 0.6 is 0 Å². The van der Waals surface area contributed by atoms with Crippen LogP contribution in [0.3, 0.4) is 0 Å². The summed E-state index contributed by atoms with van der Waals surface area (Å²) < 4.78 is 12.3. The van der Waals surface area contributed by atoms with E-state index in [2.05, 4.69) is 58.9 Å². The number of fused-ring (bicyclic) bond motifs is 5. The summed E-state index contributed by atoms with van der Waals surface area (Å²) >= 11 is 0. The van der Waals surface area contributed by atoms with Crippen LogP contribution in [-0.4, -0.2) is 23.3 Å². The Morgan fingerprint density at radius 2 is 1.70 bits per heavy atom. The largest absolute Gasteiger partial charge is 0.496 e. The van der Waals surface area contributed by atoms with E-state index >= 15 is 0 Å². The third-order valence-electron chi connectivity index (χ3n) is 7.31. The zero-order chi connectivity index (χ0) is 19.0. The smallest absolute Gasteiger partial charge is 0.399 e. The number of rotatable bonds is 2. The molecule has 1 saturated heterocycles. The van der Waals surface area contributed by atoms with Gasteiger partial charge in [-0.15, -0.1) is 0 Å². The molecule has 0 amide bonds. The number of benzene rings is 1. The molecule has 2 bridgehead atoms. The van der Waals surface area contributed by atoms with Crippen molar-refractivity contribution in [3.8, 4) is 11.3 Å². The van der Waals surface area contributed by atoms with Gasteiger partial charge in [-0.2, -0.15) is 0 Å². The van der Waals surface area contributed by atoms with Gasteiger partial charge in [0.05, 0.1) is 16.9 Å². The predicted octanol–water partition coefficient (Wildman–Crippen LogP) is 4.72. The quantitative estimate of drug-likeness (QED) is 0.726. The molecule has 0 radical (unpaired) electrons. The van der Waals surface area contributed by atoms with Crippen molar-refractivity contribution in [1.82, 2.24) is 4.98 Å². The van der Waals surface area contributed by atoms with Gasteiger partial charge in [-0.25, -0.2) is 0 Å². The molecule has 2 heterocycles. The standard InChI is InChI=1S/C23H28BNO2/c1-14-10-17(12-19-15-6-7-16(11-15)21(14)19)20-9-8-18(13-25-20)24-26-22(2,3)23(4,5)27-24/h8-10,12-13,15-16H,6-7,11H2,1-5H3. The molecule has 4 heteroatoms. The summed E-state index contributed by atoms with van der Waals surface area (Å²) in [4.78, 5) is 4.76. The third kappa shape index (κ3) is 2.60. The Morgan fingerprint density at radius 3 is 2.37 bits per heavy atom. The highest BCUT2D eigenvalue weighted by Gasteiger charge is 2.51. The fourth-order valence-electron chi connectivity index (χ4n) is 5.09. The van der Waals surface area contributed by atoms with E-state index < -0.39 is 0 Å². The van der Waals surface area contributed by atoms with E-state index in [4.69, 9.17) is 14.3 Å². The molecule has 1 aliphatic heterocycles. The summed E-state index contributed by atoms with van der Waals surface area (Å²) in [6.45, 7) is 10.6. The van der Waals surface area contributed by atoms with Crippen LogP contribution in [0.25, 0.3) is 11.3 Å². The van der Waals surface area contributed by atoms with Crippen molar-refractivity contribution in [2.45, 2.75) is 76.9 Å². The van der Waals surface area contributed by atoms with Crippen LogP contribution in [0, 0.1) is 6.92 Å². The fourth-order valence-corrected chi connectivity index (χ4v) is 5.09. The number of hydrogen-bond donors (Lipinski definition) is 0. The van der Waals surface area contributed by atoms with Crippen molar-refractivity contribution in [2.75, 3.05) is 0 Å². The van der Waals surface area contributed by atoms with Gasteiger partial charge in [0.25, 0.3) is 0 Å². The van der Waals surface area contributed by atoms with E-state index in [1.54, 1.807) is 11.1 Å². The SMILES string of the molecule is Cc1cc(-c2ccc(B3OC(C)(C)C(C)(C)O3)cn2)cc2c1C1CCC2C1. The topological polar surface area (TPSA) is 31.4 Å². The van der Waals surface area contributed by atoms with Crippen LogP contribution < -0.4 is 5.46 Å². The van der Waals surface area contributed by atoms with Gasteiger partial charge in [-0.1, -0.05) is 6.07 Å². The lowest BCUT2D eigenvalue weighted by atomic mass is 9.80. The lowest BCUT2D eigenvalue weighted by Gasteiger charge is -2.32. The summed E-state index contributed by atoms with van der Waals surface area (Å²) in [5, 5.41) is 0. The summed E-state index contributed by atoms with van der Waals surface area (Å²) in [6, 6.07) is 8.91. The molecule has 27 heavy (non-hydrogen) atoms. The molecular formula is C23H28BNO2. The number of pyridine rings is 1. The highest BCUT2D eigenvalue weighted by atomic mass is 16.7. The molecule has 2 atom stereocenters. The van der Waals surface area contributed by atoms with E-state index in [0.29, 0.717) is 0 Å². The molecule has 3 nitrogen and oxygen atoms in total. The van der Waals surface area contributed by atoms with Crippen molar-refractivity contribution in [3.05, 3.63) is 47.2 Å². The first-order chi connectivity index (χ1) is 12.7. The summed E-state index contributed by atoms with van der Waals surface area (Å²) in [5.74, 6) is 1.57. The molecule has 2 unspecified atom stereocenters. The van der Waals surface area contributed by atoms with Crippen LogP contribution in [0.15, 0.2) is 30.5 Å². The maximum atomic E-state index is 6.15. The molecule has 5 rings (SSSR count). The fraction of sp³-hybridized carbons (Fsp3) is 0.522. The molecule has 1 aromatic carbocycles. The Morgan fingerprint density at radius 1 is 1.00 bits per heavy atom. The van der Waals surface area contributed by atoms with Crippen LogP contribution in [0.5, 0.6) is 0 Å². The monoisotopic (exact) mass is 361 g/mol. The summed E-state index contributed by atoms with van der Waals surface area (Å²) in [5.41, 5.74) is 7.24. The van der Waals surface area contributed by atoms with Crippen LogP contribution in [0.2, 0.25) is 0 Å². The second-order valence-corrected chi connectivity index (χ2v) is 9.57. The molecule has 0 spiro atoms. The molecule has 1 saturated carbocycles. The average molecular weight is 361 g/mol. The maximum absolute atomic E-state index is 6.15. The zero-order valence-electron chi connectivity index (χ0n) is 17.0. The predicted molar refractivity (Wildman–Crippen MR) is 109 cm³/mol. The number of aromatic nitrogens is 1. The number of hydrogen-bond acceptors (Lipinski definition) is 3. The summed E-state index contributed by atoms with van der Waals surface area (Å²) in [6.07, 6.45) is 5.99. The van der Waals surface area contributed by atoms with Gasteiger partial charge < -0.3 is 9.31 Å². The van der Waals surface area contributed by atoms with E-state index in [9.17, 15) is 0 Å². The van der Waals surface area contributed by atoms with Crippen LogP contribution in [-0.2, 0) is 9.31 Å². The Kier molecular flexibility index (Phi) is 3.67. The van der Waals surface area contributed by atoms with Gasteiger partial charge in [0, 0.05) is 17.2 Å². The Labute approximate surface area is 162 Å². The Balaban J connectivity index is 1.44. The maximum Gasteiger partial charge on any atom is 0.496 e. The normalized spacial score (nSPS) is 27.2. The highest BCUT2D eigenvalue weighted by Crippen LogP contribution is 2.54. The van der Waals surface area contributed by atoms with Crippen molar-refractivity contribution < 1.29 is 9.31 Å². The van der Waals surface area contributed by atoms with Gasteiger partial charge in [-0.05, 0) is 101 Å².